The summed E-state index contributed by atoms with van der Waals surface area (Å²) in [6, 6.07) is 15.2. The topological polar surface area (TPSA) is 76.3 Å². The first-order chi connectivity index (χ1) is 15.3. The van der Waals surface area contributed by atoms with Crippen LogP contribution in [0.25, 0.3) is 5.69 Å². The summed E-state index contributed by atoms with van der Waals surface area (Å²) in [5, 5.41) is 18.5. The van der Waals surface area contributed by atoms with E-state index in [-0.39, 0.29) is 5.41 Å². The van der Waals surface area contributed by atoms with E-state index in [0.29, 0.717) is 22.5 Å². The fraction of sp³-hybridized carbons (Fsp3) is 0.458. The van der Waals surface area contributed by atoms with Gasteiger partial charge in [0, 0.05) is 5.02 Å². The molecule has 4 rings (SSSR count). The fourth-order valence-corrected chi connectivity index (χ4v) is 5.01. The van der Waals surface area contributed by atoms with E-state index in [4.69, 9.17) is 11.6 Å². The summed E-state index contributed by atoms with van der Waals surface area (Å²) >= 11 is 6.11. The molecule has 0 radical (unpaired) electrons. The number of nitroso groups, excluding NO2 is 1. The molecule has 0 bridgehead atoms. The number of aromatic nitrogens is 4. The van der Waals surface area contributed by atoms with E-state index in [1.165, 1.54) is 0 Å². The average Bonchev–Trinajstić information content (AvgIpc) is 3.26. The van der Waals surface area contributed by atoms with Crippen molar-refractivity contribution in [2.45, 2.75) is 58.9 Å². The Morgan fingerprint density at radius 3 is 2.34 bits per heavy atom. The summed E-state index contributed by atoms with van der Waals surface area (Å²) in [6.45, 7) is 8.85. The highest BCUT2D eigenvalue weighted by atomic mass is 35.5. The quantitative estimate of drug-likeness (QED) is 0.338. The molecule has 8 heteroatoms. The Kier molecular flexibility index (Phi) is 6.03. The summed E-state index contributed by atoms with van der Waals surface area (Å²) in [4.78, 5) is 12.3. The zero-order valence-corrected chi connectivity index (χ0v) is 19.8. The molecule has 1 saturated carbocycles. The zero-order valence-electron chi connectivity index (χ0n) is 19.0. The molecule has 1 aromatic heterocycles. The largest absolute Gasteiger partial charge is 0.215 e. The van der Waals surface area contributed by atoms with Crippen molar-refractivity contribution in [3.63, 3.8) is 0 Å². The molecular formula is C24H29ClN6O. The molecule has 0 spiro atoms. The van der Waals surface area contributed by atoms with Crippen LogP contribution in [-0.4, -0.2) is 20.2 Å². The maximum atomic E-state index is 12.3. The van der Waals surface area contributed by atoms with E-state index in [2.05, 4.69) is 41.6 Å². The Morgan fingerprint density at radius 1 is 1.09 bits per heavy atom. The first kappa shape index (κ1) is 22.4. The van der Waals surface area contributed by atoms with E-state index >= 15 is 0 Å². The first-order valence-electron chi connectivity index (χ1n) is 11.0. The van der Waals surface area contributed by atoms with E-state index in [1.54, 1.807) is 21.8 Å². The van der Waals surface area contributed by atoms with Gasteiger partial charge in [-0.15, -0.1) is 10.0 Å². The predicted molar refractivity (Wildman–Crippen MR) is 127 cm³/mol. The highest BCUT2D eigenvalue weighted by Gasteiger charge is 2.49. The van der Waals surface area contributed by atoms with Crippen molar-refractivity contribution in [1.82, 2.24) is 20.2 Å². The van der Waals surface area contributed by atoms with Crippen LogP contribution in [0.5, 0.6) is 0 Å². The number of halogens is 1. The van der Waals surface area contributed by atoms with Crippen LogP contribution >= 0.6 is 11.6 Å². The molecule has 1 aliphatic rings. The number of benzene rings is 2. The fourth-order valence-electron chi connectivity index (χ4n) is 4.89. The van der Waals surface area contributed by atoms with Gasteiger partial charge in [-0.25, -0.2) is 5.01 Å². The second kappa shape index (κ2) is 8.62. The molecule has 1 fully saturated rings. The van der Waals surface area contributed by atoms with Crippen LogP contribution in [0.15, 0.2) is 53.8 Å². The third kappa shape index (κ3) is 4.01. The Morgan fingerprint density at radius 2 is 1.75 bits per heavy atom. The highest BCUT2D eigenvalue weighted by molar-refractivity contribution is 6.30. The van der Waals surface area contributed by atoms with Crippen molar-refractivity contribution in [3.8, 4) is 5.69 Å². The molecule has 0 atom stereocenters. The molecule has 168 valence electrons. The molecule has 0 amide bonds. The smallest absolute Gasteiger partial charge is 0.184 e. The molecule has 0 saturated heterocycles. The molecule has 7 nitrogen and oxygen atoms in total. The molecule has 3 aromatic rings. The van der Waals surface area contributed by atoms with Gasteiger partial charge in [0.15, 0.2) is 5.82 Å². The van der Waals surface area contributed by atoms with Gasteiger partial charge in [-0.2, -0.15) is 4.68 Å². The third-order valence-corrected chi connectivity index (χ3v) is 7.08. The first-order valence-corrected chi connectivity index (χ1v) is 11.4. The number of aryl methyl sites for hydroxylation is 1. The van der Waals surface area contributed by atoms with Crippen LogP contribution in [0.3, 0.4) is 0 Å². The van der Waals surface area contributed by atoms with Crippen LogP contribution in [0, 0.1) is 23.2 Å². The van der Waals surface area contributed by atoms with Gasteiger partial charge in [-0.3, -0.25) is 0 Å². The number of nitrogens with zero attached hydrogens (tertiary/aromatic N) is 6. The van der Waals surface area contributed by atoms with Gasteiger partial charge < -0.3 is 0 Å². The minimum atomic E-state index is -0.761. The summed E-state index contributed by atoms with van der Waals surface area (Å²) in [6.07, 6.45) is 3.33. The molecule has 0 aliphatic heterocycles. The number of hydrogen-bond donors (Lipinski definition) is 0. The second-order valence-corrected chi connectivity index (χ2v) is 10.2. The molecule has 0 N–H and O–H groups in total. The van der Waals surface area contributed by atoms with Gasteiger partial charge in [0.25, 0.3) is 0 Å². The van der Waals surface area contributed by atoms with Crippen molar-refractivity contribution >= 4 is 17.3 Å². The second-order valence-electron chi connectivity index (χ2n) is 9.74. The Bertz CT molecular complexity index is 1080. The van der Waals surface area contributed by atoms with Crippen LogP contribution in [-0.2, 0) is 5.54 Å². The summed E-state index contributed by atoms with van der Waals surface area (Å²) < 4.78 is 1.76. The molecular weight excluding hydrogens is 424 g/mol. The third-order valence-electron chi connectivity index (χ3n) is 6.83. The Labute approximate surface area is 193 Å². The minimum Gasteiger partial charge on any atom is -0.215 e. The molecule has 32 heavy (non-hydrogen) atoms. The van der Waals surface area contributed by atoms with E-state index in [1.807, 2.05) is 43.3 Å². The van der Waals surface area contributed by atoms with Gasteiger partial charge in [-0.05, 0) is 90.3 Å². The van der Waals surface area contributed by atoms with Crippen molar-refractivity contribution in [2.24, 2.45) is 16.6 Å². The minimum absolute atomic E-state index is 0.188. The van der Waals surface area contributed by atoms with Gasteiger partial charge in [0.2, 0.25) is 0 Å². The molecule has 0 unspecified atom stereocenters. The van der Waals surface area contributed by atoms with Crippen molar-refractivity contribution in [2.75, 3.05) is 5.01 Å². The molecule has 2 aromatic carbocycles. The van der Waals surface area contributed by atoms with Crippen LogP contribution in [0.1, 0.15) is 57.8 Å². The summed E-state index contributed by atoms with van der Waals surface area (Å²) in [5.74, 6) is 1.17. The highest BCUT2D eigenvalue weighted by Crippen LogP contribution is 2.49. The normalized spacial score (nSPS) is 21.3. The molecule has 1 aliphatic carbocycles. The van der Waals surface area contributed by atoms with Crippen LogP contribution in [0.4, 0.5) is 5.69 Å². The maximum Gasteiger partial charge on any atom is 0.184 e. The van der Waals surface area contributed by atoms with Gasteiger partial charge in [0.1, 0.15) is 5.54 Å². The standard InChI is InChI=1S/C24H29ClN6O/c1-17-7-5-6-8-21(17)30-22(26-27-28-30)24(15-13-18(14-16-24)23(2,3)4)31(29-32)20-11-9-19(25)10-12-20/h5-12,18H,13-16H2,1-4H3. The lowest BCUT2D eigenvalue weighted by Gasteiger charge is -2.46. The van der Waals surface area contributed by atoms with Gasteiger partial charge in [0.05, 0.1) is 16.7 Å². The predicted octanol–water partition coefficient (Wildman–Crippen LogP) is 6.24. The SMILES string of the molecule is Cc1ccccc1-n1nnnc1C1(N(N=O)c2ccc(Cl)cc2)CCC(C(C)(C)C)CC1. The van der Waals surface area contributed by atoms with Crippen molar-refractivity contribution in [1.29, 1.82) is 0 Å². The van der Waals surface area contributed by atoms with Gasteiger partial charge in [-0.1, -0.05) is 50.6 Å². The monoisotopic (exact) mass is 452 g/mol. The Balaban J connectivity index is 1.85. The number of rotatable bonds is 5. The number of tetrazole rings is 1. The molecule has 1 heterocycles. The van der Waals surface area contributed by atoms with E-state index in [9.17, 15) is 4.91 Å². The average molecular weight is 453 g/mol. The summed E-state index contributed by atoms with van der Waals surface area (Å²) in [7, 11) is 0. The lowest BCUT2D eigenvalue weighted by molar-refractivity contribution is 0.123. The lowest BCUT2D eigenvalue weighted by Crippen LogP contribution is -2.49. The number of anilines is 1. The van der Waals surface area contributed by atoms with Crippen molar-refractivity contribution < 1.29 is 0 Å². The van der Waals surface area contributed by atoms with Crippen molar-refractivity contribution in [3.05, 3.63) is 69.8 Å². The lowest BCUT2D eigenvalue weighted by atomic mass is 9.66. The van der Waals surface area contributed by atoms with Crippen LogP contribution in [0.2, 0.25) is 5.02 Å². The van der Waals surface area contributed by atoms with E-state index in [0.717, 1.165) is 36.9 Å². The Hall–Kier alpha value is -2.80. The summed E-state index contributed by atoms with van der Waals surface area (Å²) in [5.41, 5.74) is 2.05. The van der Waals surface area contributed by atoms with E-state index < -0.39 is 5.54 Å². The van der Waals surface area contributed by atoms with Gasteiger partial charge >= 0.3 is 0 Å². The maximum absolute atomic E-state index is 12.3. The number of para-hydroxylation sites is 1. The number of hydrogen-bond acceptors (Lipinski definition) is 5. The van der Waals surface area contributed by atoms with Crippen LogP contribution < -0.4 is 5.01 Å². The zero-order chi connectivity index (χ0) is 22.9.